The van der Waals surface area contributed by atoms with E-state index in [0.29, 0.717) is 29.2 Å². The zero-order chi connectivity index (χ0) is 28.3. The van der Waals surface area contributed by atoms with Crippen LogP contribution >= 0.6 is 0 Å². The Kier molecular flexibility index (Phi) is 9.93. The molecule has 0 spiro atoms. The van der Waals surface area contributed by atoms with Gasteiger partial charge in [0.15, 0.2) is 6.61 Å². The maximum atomic E-state index is 12.8. The molecule has 4 aromatic rings. The van der Waals surface area contributed by atoms with Gasteiger partial charge in [-0.3, -0.25) is 4.79 Å². The predicted octanol–water partition coefficient (Wildman–Crippen LogP) is 6.00. The molecule has 0 aliphatic carbocycles. The van der Waals surface area contributed by atoms with Crippen molar-refractivity contribution >= 4 is 22.8 Å². The summed E-state index contributed by atoms with van der Waals surface area (Å²) in [6.07, 6.45) is 1.35. The highest BCUT2D eigenvalue weighted by Gasteiger charge is 2.25. The van der Waals surface area contributed by atoms with E-state index in [-0.39, 0.29) is 25.8 Å². The topological polar surface area (TPSA) is 93.2 Å². The molecular weight excluding hydrogens is 510 g/mol. The zero-order valence-corrected chi connectivity index (χ0v) is 22.9. The number of para-hydroxylation sites is 2. The average Bonchev–Trinajstić information content (AvgIpc) is 3.00. The van der Waals surface area contributed by atoms with Crippen molar-refractivity contribution in [2.45, 2.75) is 38.9 Å². The van der Waals surface area contributed by atoms with Gasteiger partial charge in [0.2, 0.25) is 0 Å². The summed E-state index contributed by atoms with van der Waals surface area (Å²) in [6.45, 7) is 2.23. The van der Waals surface area contributed by atoms with Crippen molar-refractivity contribution in [2.24, 2.45) is 0 Å². The molecule has 1 aromatic heterocycles. The van der Waals surface area contributed by atoms with Gasteiger partial charge in [0.25, 0.3) is 0 Å². The normalized spacial score (nSPS) is 11.5. The summed E-state index contributed by atoms with van der Waals surface area (Å²) in [5, 5.41) is 1.06. The standard InChI is InChI=1S/C32H33NO7/c1-4-9-26(32(35)37-3)27-18-25(38-20-24-15-14-22-10-5-7-12-28(22)33-24)16-17-30(27)39-19-23-11-6-8-13-29(23)40-21-31(34)36-2/h5-8,10-18,26H,4,9,19-21H2,1-3H3. The van der Waals surface area contributed by atoms with E-state index in [9.17, 15) is 9.59 Å². The molecule has 0 aliphatic rings. The summed E-state index contributed by atoms with van der Waals surface area (Å²) < 4.78 is 27.7. The van der Waals surface area contributed by atoms with Gasteiger partial charge in [-0.2, -0.15) is 0 Å². The summed E-state index contributed by atoms with van der Waals surface area (Å²) in [6, 6.07) is 24.6. The van der Waals surface area contributed by atoms with Crippen LogP contribution in [0.4, 0.5) is 0 Å². The van der Waals surface area contributed by atoms with E-state index in [1.54, 1.807) is 18.2 Å². The summed E-state index contributed by atoms with van der Waals surface area (Å²) in [7, 11) is 2.69. The van der Waals surface area contributed by atoms with E-state index in [1.165, 1.54) is 14.2 Å². The molecule has 40 heavy (non-hydrogen) atoms. The van der Waals surface area contributed by atoms with Crippen molar-refractivity contribution in [3.05, 3.63) is 95.7 Å². The lowest BCUT2D eigenvalue weighted by Crippen LogP contribution is -2.16. The Labute approximate surface area is 233 Å². The fraction of sp³-hybridized carbons (Fsp3) is 0.281. The van der Waals surface area contributed by atoms with Crippen LogP contribution in [0.15, 0.2) is 78.9 Å². The van der Waals surface area contributed by atoms with Crippen molar-refractivity contribution in [2.75, 3.05) is 20.8 Å². The molecule has 8 nitrogen and oxygen atoms in total. The highest BCUT2D eigenvalue weighted by atomic mass is 16.6. The van der Waals surface area contributed by atoms with Crippen LogP contribution in [-0.2, 0) is 32.3 Å². The first-order valence-corrected chi connectivity index (χ1v) is 13.1. The van der Waals surface area contributed by atoms with Crippen LogP contribution in [0.5, 0.6) is 17.2 Å². The number of hydrogen-bond acceptors (Lipinski definition) is 8. The van der Waals surface area contributed by atoms with Crippen LogP contribution in [0.1, 0.15) is 42.5 Å². The van der Waals surface area contributed by atoms with Crippen molar-refractivity contribution in [1.82, 2.24) is 4.98 Å². The van der Waals surface area contributed by atoms with Gasteiger partial charge in [-0.1, -0.05) is 55.8 Å². The Morgan fingerprint density at radius 2 is 1.60 bits per heavy atom. The maximum absolute atomic E-state index is 12.8. The van der Waals surface area contributed by atoms with Crippen LogP contribution in [0.25, 0.3) is 10.9 Å². The lowest BCUT2D eigenvalue weighted by atomic mass is 9.93. The van der Waals surface area contributed by atoms with Crippen molar-refractivity contribution in [3.63, 3.8) is 0 Å². The molecule has 0 radical (unpaired) electrons. The van der Waals surface area contributed by atoms with Gasteiger partial charge in [-0.25, -0.2) is 9.78 Å². The number of nitrogens with zero attached hydrogens (tertiary/aromatic N) is 1. The number of carbonyl (C=O) groups is 2. The van der Waals surface area contributed by atoms with Crippen LogP contribution in [0.2, 0.25) is 0 Å². The average molecular weight is 544 g/mol. The van der Waals surface area contributed by atoms with Gasteiger partial charge in [-0.05, 0) is 42.8 Å². The fourth-order valence-corrected chi connectivity index (χ4v) is 4.31. The minimum Gasteiger partial charge on any atom is -0.488 e. The van der Waals surface area contributed by atoms with Crippen molar-refractivity contribution < 1.29 is 33.3 Å². The smallest absolute Gasteiger partial charge is 0.343 e. The number of methoxy groups -OCH3 is 2. The third-order valence-electron chi connectivity index (χ3n) is 6.39. The van der Waals surface area contributed by atoms with E-state index in [0.717, 1.165) is 28.6 Å². The summed E-state index contributed by atoms with van der Waals surface area (Å²) >= 11 is 0. The number of rotatable bonds is 13. The molecule has 1 atom stereocenters. The first-order valence-electron chi connectivity index (χ1n) is 13.1. The third-order valence-corrected chi connectivity index (χ3v) is 6.39. The Morgan fingerprint density at radius 1 is 0.800 bits per heavy atom. The Hall–Kier alpha value is -4.59. The monoisotopic (exact) mass is 543 g/mol. The molecular formula is C32H33NO7. The quantitative estimate of drug-likeness (QED) is 0.190. The van der Waals surface area contributed by atoms with E-state index in [1.807, 2.05) is 67.6 Å². The Morgan fingerprint density at radius 3 is 2.40 bits per heavy atom. The van der Waals surface area contributed by atoms with Crippen LogP contribution < -0.4 is 14.2 Å². The number of pyridine rings is 1. The summed E-state index contributed by atoms with van der Waals surface area (Å²) in [4.78, 5) is 29.0. The van der Waals surface area contributed by atoms with Crippen molar-refractivity contribution in [1.29, 1.82) is 0 Å². The van der Waals surface area contributed by atoms with Gasteiger partial charge in [0.05, 0.1) is 31.3 Å². The van der Waals surface area contributed by atoms with Gasteiger partial charge < -0.3 is 23.7 Å². The number of benzene rings is 3. The van der Waals surface area contributed by atoms with Crippen LogP contribution in [-0.4, -0.2) is 37.7 Å². The molecule has 0 N–H and O–H groups in total. The number of aromatic nitrogens is 1. The SMILES string of the molecule is CCCC(C(=O)OC)c1cc(OCc2ccc3ccccc3n2)ccc1OCc1ccccc1OCC(=O)OC. The van der Waals surface area contributed by atoms with E-state index in [2.05, 4.69) is 9.72 Å². The van der Waals surface area contributed by atoms with Crippen molar-refractivity contribution in [3.8, 4) is 17.2 Å². The second-order valence-corrected chi connectivity index (χ2v) is 9.11. The molecule has 0 bridgehead atoms. The molecule has 0 amide bonds. The van der Waals surface area contributed by atoms with E-state index < -0.39 is 11.9 Å². The zero-order valence-electron chi connectivity index (χ0n) is 22.9. The lowest BCUT2D eigenvalue weighted by Gasteiger charge is -2.20. The Balaban J connectivity index is 1.56. The molecule has 0 fully saturated rings. The summed E-state index contributed by atoms with van der Waals surface area (Å²) in [5.41, 5.74) is 3.11. The highest BCUT2D eigenvalue weighted by Crippen LogP contribution is 2.35. The third kappa shape index (κ3) is 7.28. The molecule has 1 unspecified atom stereocenters. The van der Waals surface area contributed by atoms with Gasteiger partial charge in [0.1, 0.15) is 30.5 Å². The second-order valence-electron chi connectivity index (χ2n) is 9.11. The fourth-order valence-electron chi connectivity index (χ4n) is 4.31. The molecule has 4 rings (SSSR count). The lowest BCUT2D eigenvalue weighted by molar-refractivity contribution is -0.143. The number of esters is 2. The van der Waals surface area contributed by atoms with E-state index >= 15 is 0 Å². The van der Waals surface area contributed by atoms with E-state index in [4.69, 9.17) is 18.9 Å². The first-order chi connectivity index (χ1) is 19.5. The number of hydrogen-bond donors (Lipinski definition) is 0. The van der Waals surface area contributed by atoms with Crippen LogP contribution in [0.3, 0.4) is 0 Å². The predicted molar refractivity (Wildman–Crippen MR) is 150 cm³/mol. The molecule has 208 valence electrons. The highest BCUT2D eigenvalue weighted by molar-refractivity contribution is 5.79. The second kappa shape index (κ2) is 14.0. The molecule has 0 saturated heterocycles. The molecule has 0 saturated carbocycles. The Bertz CT molecular complexity index is 1450. The minimum atomic E-state index is -0.529. The van der Waals surface area contributed by atoms with Crippen LogP contribution in [0, 0.1) is 0 Å². The van der Waals surface area contributed by atoms with Gasteiger partial charge in [-0.15, -0.1) is 0 Å². The minimum absolute atomic E-state index is 0.158. The molecule has 3 aromatic carbocycles. The maximum Gasteiger partial charge on any atom is 0.343 e. The van der Waals surface area contributed by atoms with Gasteiger partial charge >= 0.3 is 11.9 Å². The van der Waals surface area contributed by atoms with Gasteiger partial charge in [0, 0.05) is 16.5 Å². The number of ether oxygens (including phenoxy) is 5. The molecule has 0 aliphatic heterocycles. The number of fused-ring (bicyclic) bond motifs is 1. The number of carbonyl (C=O) groups excluding carboxylic acids is 2. The molecule has 8 heteroatoms. The first kappa shape index (κ1) is 28.4. The summed E-state index contributed by atoms with van der Waals surface area (Å²) in [5.74, 6) is 0.273. The molecule has 1 heterocycles. The largest absolute Gasteiger partial charge is 0.488 e.